The Morgan fingerprint density at radius 2 is 2.35 bits per heavy atom. The molecule has 4 heteroatoms. The van der Waals surface area contributed by atoms with Crippen LogP contribution >= 0.6 is 0 Å². The van der Waals surface area contributed by atoms with E-state index in [0.717, 1.165) is 38.0 Å². The van der Waals surface area contributed by atoms with Gasteiger partial charge in [0.2, 0.25) is 0 Å². The minimum Gasteiger partial charge on any atom is -0.383 e. The number of hydrogen-bond acceptors (Lipinski definition) is 4. The Hall–Kier alpha value is -1.13. The first-order valence-electron chi connectivity index (χ1n) is 7.78. The second-order valence-corrected chi connectivity index (χ2v) is 5.66. The number of ether oxygens (including phenoxy) is 1. The minimum atomic E-state index is 0.242. The molecule has 20 heavy (non-hydrogen) atoms. The van der Waals surface area contributed by atoms with E-state index in [1.54, 1.807) is 6.20 Å². The third-order valence-corrected chi connectivity index (χ3v) is 4.00. The van der Waals surface area contributed by atoms with Gasteiger partial charge in [-0.2, -0.15) is 0 Å². The Labute approximate surface area is 122 Å². The summed E-state index contributed by atoms with van der Waals surface area (Å²) in [6, 6.07) is 2.28. The SMILES string of the molecule is CCCNC(CC1CCCCO1)c1c(C)ccnc1N. The molecule has 2 atom stereocenters. The number of rotatable bonds is 6. The first-order chi connectivity index (χ1) is 9.72. The standard InChI is InChI=1S/C16H27N3O/c1-3-8-18-14(11-13-6-4-5-10-20-13)15-12(2)7-9-19-16(15)17/h7,9,13-14,18H,3-6,8,10-11H2,1-2H3,(H2,17,19). The molecule has 0 aromatic carbocycles. The van der Waals surface area contributed by atoms with E-state index in [0.29, 0.717) is 11.9 Å². The summed E-state index contributed by atoms with van der Waals surface area (Å²) in [5.41, 5.74) is 8.47. The first-order valence-corrected chi connectivity index (χ1v) is 7.78. The number of hydrogen-bond donors (Lipinski definition) is 2. The van der Waals surface area contributed by atoms with Crippen molar-refractivity contribution < 1.29 is 4.74 Å². The Bertz CT molecular complexity index is 396. The maximum absolute atomic E-state index is 6.11. The van der Waals surface area contributed by atoms with Gasteiger partial charge < -0.3 is 15.8 Å². The van der Waals surface area contributed by atoms with Crippen LogP contribution in [0.1, 0.15) is 56.2 Å². The van der Waals surface area contributed by atoms with Gasteiger partial charge in [-0.05, 0) is 57.2 Å². The van der Waals surface area contributed by atoms with Crippen molar-refractivity contribution in [2.45, 2.75) is 58.1 Å². The Kier molecular flexibility index (Phi) is 5.80. The van der Waals surface area contributed by atoms with Crippen LogP contribution in [-0.2, 0) is 4.74 Å². The molecule has 1 aromatic rings. The lowest BCUT2D eigenvalue weighted by molar-refractivity contribution is 0.00505. The van der Waals surface area contributed by atoms with Crippen molar-refractivity contribution >= 4 is 5.82 Å². The van der Waals surface area contributed by atoms with Crippen molar-refractivity contribution in [3.63, 3.8) is 0 Å². The highest BCUT2D eigenvalue weighted by molar-refractivity contribution is 5.46. The average molecular weight is 277 g/mol. The van der Waals surface area contributed by atoms with Gasteiger partial charge in [-0.3, -0.25) is 0 Å². The van der Waals surface area contributed by atoms with Crippen molar-refractivity contribution in [2.75, 3.05) is 18.9 Å². The molecule has 1 aliphatic rings. The topological polar surface area (TPSA) is 60.2 Å². The smallest absolute Gasteiger partial charge is 0.128 e. The van der Waals surface area contributed by atoms with Crippen LogP contribution in [0.2, 0.25) is 0 Å². The second-order valence-electron chi connectivity index (χ2n) is 5.66. The fraction of sp³-hybridized carbons (Fsp3) is 0.688. The summed E-state index contributed by atoms with van der Waals surface area (Å²) in [6.45, 7) is 6.17. The Balaban J connectivity index is 2.13. The molecule has 3 N–H and O–H groups in total. The van der Waals surface area contributed by atoms with Gasteiger partial charge in [-0.15, -0.1) is 0 Å². The van der Waals surface area contributed by atoms with Crippen LogP contribution in [0.15, 0.2) is 12.3 Å². The largest absolute Gasteiger partial charge is 0.383 e. The lowest BCUT2D eigenvalue weighted by atomic mass is 9.94. The highest BCUT2D eigenvalue weighted by Gasteiger charge is 2.23. The predicted octanol–water partition coefficient (Wildman–Crippen LogP) is 2.97. The predicted molar refractivity (Wildman–Crippen MR) is 82.6 cm³/mol. The maximum atomic E-state index is 6.11. The van der Waals surface area contributed by atoms with Gasteiger partial charge in [0.05, 0.1) is 6.10 Å². The Morgan fingerprint density at radius 1 is 1.50 bits per heavy atom. The number of anilines is 1. The zero-order chi connectivity index (χ0) is 14.4. The third-order valence-electron chi connectivity index (χ3n) is 4.00. The van der Waals surface area contributed by atoms with Crippen LogP contribution in [0.5, 0.6) is 0 Å². The third kappa shape index (κ3) is 3.93. The zero-order valence-corrected chi connectivity index (χ0v) is 12.7. The van der Waals surface area contributed by atoms with E-state index in [4.69, 9.17) is 10.5 Å². The molecular formula is C16H27N3O. The van der Waals surface area contributed by atoms with E-state index in [-0.39, 0.29) is 6.04 Å². The van der Waals surface area contributed by atoms with E-state index in [1.807, 2.05) is 6.07 Å². The molecule has 2 unspecified atom stereocenters. The molecule has 1 fully saturated rings. The van der Waals surface area contributed by atoms with E-state index in [9.17, 15) is 0 Å². The second kappa shape index (κ2) is 7.60. The van der Waals surface area contributed by atoms with Crippen molar-refractivity contribution in [2.24, 2.45) is 0 Å². The summed E-state index contributed by atoms with van der Waals surface area (Å²) in [5, 5.41) is 3.61. The van der Waals surface area contributed by atoms with Crippen molar-refractivity contribution in [3.8, 4) is 0 Å². The summed E-state index contributed by atoms with van der Waals surface area (Å²) in [6.07, 6.45) is 7.84. The minimum absolute atomic E-state index is 0.242. The first kappa shape index (κ1) is 15.3. The van der Waals surface area contributed by atoms with E-state index < -0.39 is 0 Å². The van der Waals surface area contributed by atoms with Crippen LogP contribution < -0.4 is 11.1 Å². The maximum Gasteiger partial charge on any atom is 0.128 e. The molecule has 112 valence electrons. The van der Waals surface area contributed by atoms with Gasteiger partial charge in [0.25, 0.3) is 0 Å². The summed E-state index contributed by atoms with van der Waals surface area (Å²) in [7, 11) is 0. The lowest BCUT2D eigenvalue weighted by Crippen LogP contribution is -2.30. The molecule has 1 saturated heterocycles. The molecule has 2 heterocycles. The molecule has 0 spiro atoms. The molecule has 0 aliphatic carbocycles. The normalized spacial score (nSPS) is 20.8. The fourth-order valence-electron chi connectivity index (χ4n) is 2.92. The summed E-state index contributed by atoms with van der Waals surface area (Å²) >= 11 is 0. The number of nitrogens with one attached hydrogen (secondary N) is 1. The fourth-order valence-corrected chi connectivity index (χ4v) is 2.92. The summed E-state index contributed by atoms with van der Waals surface area (Å²) in [5.74, 6) is 0.648. The molecular weight excluding hydrogens is 250 g/mol. The van der Waals surface area contributed by atoms with Crippen molar-refractivity contribution in [3.05, 3.63) is 23.4 Å². The highest BCUT2D eigenvalue weighted by Crippen LogP contribution is 2.29. The molecule has 1 aliphatic heterocycles. The number of nitrogens with two attached hydrogens (primary N) is 1. The number of aryl methyl sites for hydroxylation is 1. The van der Waals surface area contributed by atoms with E-state index >= 15 is 0 Å². The van der Waals surface area contributed by atoms with E-state index in [1.165, 1.54) is 18.4 Å². The quantitative estimate of drug-likeness (QED) is 0.839. The Morgan fingerprint density at radius 3 is 3.00 bits per heavy atom. The summed E-state index contributed by atoms with van der Waals surface area (Å²) in [4.78, 5) is 4.26. The van der Waals surface area contributed by atoms with Gasteiger partial charge in [0.15, 0.2) is 0 Å². The van der Waals surface area contributed by atoms with Crippen LogP contribution in [-0.4, -0.2) is 24.2 Å². The van der Waals surface area contributed by atoms with Crippen LogP contribution in [0.3, 0.4) is 0 Å². The van der Waals surface area contributed by atoms with Crippen molar-refractivity contribution in [1.29, 1.82) is 0 Å². The molecule has 4 nitrogen and oxygen atoms in total. The van der Waals surface area contributed by atoms with Crippen LogP contribution in [0.25, 0.3) is 0 Å². The average Bonchev–Trinajstić information content (AvgIpc) is 2.45. The van der Waals surface area contributed by atoms with Gasteiger partial charge in [-0.25, -0.2) is 4.98 Å². The molecule has 0 bridgehead atoms. The molecule has 2 rings (SSSR count). The molecule has 1 aromatic heterocycles. The molecule has 0 radical (unpaired) electrons. The number of aromatic nitrogens is 1. The van der Waals surface area contributed by atoms with Crippen LogP contribution in [0, 0.1) is 6.92 Å². The molecule has 0 amide bonds. The highest BCUT2D eigenvalue weighted by atomic mass is 16.5. The van der Waals surface area contributed by atoms with Gasteiger partial charge in [-0.1, -0.05) is 6.92 Å². The number of pyridine rings is 1. The van der Waals surface area contributed by atoms with Gasteiger partial charge in [0, 0.05) is 24.4 Å². The van der Waals surface area contributed by atoms with Gasteiger partial charge >= 0.3 is 0 Å². The number of nitrogens with zero attached hydrogens (tertiary/aromatic N) is 1. The number of nitrogen functional groups attached to an aromatic ring is 1. The van der Waals surface area contributed by atoms with Crippen molar-refractivity contribution in [1.82, 2.24) is 10.3 Å². The van der Waals surface area contributed by atoms with Gasteiger partial charge in [0.1, 0.15) is 5.82 Å². The monoisotopic (exact) mass is 277 g/mol. The summed E-state index contributed by atoms with van der Waals surface area (Å²) < 4.78 is 5.89. The van der Waals surface area contributed by atoms with Crippen LogP contribution in [0.4, 0.5) is 5.82 Å². The zero-order valence-electron chi connectivity index (χ0n) is 12.7. The lowest BCUT2D eigenvalue weighted by Gasteiger charge is -2.29. The van der Waals surface area contributed by atoms with E-state index in [2.05, 4.69) is 24.1 Å². The molecule has 0 saturated carbocycles.